The summed E-state index contributed by atoms with van der Waals surface area (Å²) in [4.78, 5) is 27.6. The standard InChI is InChI=1S/C24H28BrClF3N3O4S/c1-5-15(2)30-23(34)16(3)31(13-17-6-9-19(25)10-7-17)22(33)14-32(37(4,35)36)21-12-18(24(27,28)29)8-11-20(21)26/h6-12,15-16H,5,13-14H2,1-4H3,(H,30,34). The van der Waals surface area contributed by atoms with Gasteiger partial charge in [0.15, 0.2) is 0 Å². The second kappa shape index (κ2) is 12.5. The molecule has 7 nitrogen and oxygen atoms in total. The lowest BCUT2D eigenvalue weighted by Crippen LogP contribution is -2.52. The number of rotatable bonds is 10. The minimum Gasteiger partial charge on any atom is -0.352 e. The fraction of sp³-hybridized carbons (Fsp3) is 0.417. The lowest BCUT2D eigenvalue weighted by atomic mass is 10.1. The van der Waals surface area contributed by atoms with E-state index in [1.807, 2.05) is 6.92 Å². The van der Waals surface area contributed by atoms with E-state index >= 15 is 0 Å². The van der Waals surface area contributed by atoms with Crippen molar-refractivity contribution in [3.8, 4) is 0 Å². The minimum absolute atomic E-state index is 0.0465. The first kappa shape index (κ1) is 30.9. The van der Waals surface area contributed by atoms with E-state index in [0.29, 0.717) is 22.4 Å². The molecule has 2 rings (SSSR count). The molecule has 1 N–H and O–H groups in total. The first-order chi connectivity index (χ1) is 17.0. The van der Waals surface area contributed by atoms with Gasteiger partial charge in [-0.1, -0.05) is 46.6 Å². The van der Waals surface area contributed by atoms with Crippen molar-refractivity contribution in [2.45, 2.75) is 52.0 Å². The Kier molecular flexibility index (Phi) is 10.4. The molecule has 0 saturated carbocycles. The highest BCUT2D eigenvalue weighted by Gasteiger charge is 2.34. The van der Waals surface area contributed by atoms with Gasteiger partial charge >= 0.3 is 6.18 Å². The van der Waals surface area contributed by atoms with Gasteiger partial charge in [0.1, 0.15) is 12.6 Å². The van der Waals surface area contributed by atoms with Crippen LogP contribution in [0.3, 0.4) is 0 Å². The summed E-state index contributed by atoms with van der Waals surface area (Å²) < 4.78 is 66.5. The summed E-state index contributed by atoms with van der Waals surface area (Å²) in [6.07, 6.45) is -3.35. The van der Waals surface area contributed by atoms with E-state index < -0.39 is 51.9 Å². The average Bonchev–Trinajstić information content (AvgIpc) is 2.80. The van der Waals surface area contributed by atoms with E-state index in [1.165, 1.54) is 11.8 Å². The van der Waals surface area contributed by atoms with Crippen molar-refractivity contribution in [3.63, 3.8) is 0 Å². The molecule has 0 aliphatic rings. The Morgan fingerprint density at radius 1 is 1.11 bits per heavy atom. The van der Waals surface area contributed by atoms with Crippen LogP contribution in [0.2, 0.25) is 5.02 Å². The number of carbonyl (C=O) groups excluding carboxylic acids is 2. The summed E-state index contributed by atoms with van der Waals surface area (Å²) in [5.41, 5.74) is -0.962. The zero-order valence-corrected chi connectivity index (χ0v) is 23.8. The highest BCUT2D eigenvalue weighted by molar-refractivity contribution is 9.10. The van der Waals surface area contributed by atoms with Gasteiger partial charge in [0.2, 0.25) is 21.8 Å². The maximum atomic E-state index is 13.5. The zero-order valence-electron chi connectivity index (χ0n) is 20.6. The van der Waals surface area contributed by atoms with Crippen LogP contribution in [0.15, 0.2) is 46.9 Å². The predicted molar refractivity (Wildman–Crippen MR) is 141 cm³/mol. The van der Waals surface area contributed by atoms with Gasteiger partial charge in [-0.3, -0.25) is 13.9 Å². The molecule has 2 aromatic rings. The molecule has 0 aromatic heterocycles. The van der Waals surface area contributed by atoms with E-state index in [1.54, 1.807) is 31.2 Å². The molecule has 2 amide bonds. The van der Waals surface area contributed by atoms with Crippen molar-refractivity contribution < 1.29 is 31.2 Å². The molecular weight excluding hydrogens is 599 g/mol. The number of halogens is 5. The largest absolute Gasteiger partial charge is 0.416 e. The number of hydrogen-bond donors (Lipinski definition) is 1. The highest BCUT2D eigenvalue weighted by atomic mass is 79.9. The number of nitrogens with one attached hydrogen (secondary N) is 1. The average molecular weight is 627 g/mol. The van der Waals surface area contributed by atoms with Gasteiger partial charge < -0.3 is 10.2 Å². The van der Waals surface area contributed by atoms with Crippen molar-refractivity contribution in [2.75, 3.05) is 17.1 Å². The normalized spacial score (nSPS) is 13.5. The molecular formula is C24H28BrClF3N3O4S. The number of amides is 2. The number of carbonyl (C=O) groups is 2. The second-order valence-corrected chi connectivity index (χ2v) is 11.8. The monoisotopic (exact) mass is 625 g/mol. The molecule has 0 aliphatic carbocycles. The van der Waals surface area contributed by atoms with Gasteiger partial charge in [-0.05, 0) is 56.2 Å². The van der Waals surface area contributed by atoms with E-state index in [0.717, 1.165) is 22.9 Å². The Labute approximate surface area is 228 Å². The van der Waals surface area contributed by atoms with Crippen molar-refractivity contribution >= 4 is 55.1 Å². The SMILES string of the molecule is CCC(C)NC(=O)C(C)N(Cc1ccc(Br)cc1)C(=O)CN(c1cc(C(F)(F)F)ccc1Cl)S(C)(=O)=O. The van der Waals surface area contributed by atoms with Gasteiger partial charge in [-0.15, -0.1) is 0 Å². The Hall–Kier alpha value is -2.31. The van der Waals surface area contributed by atoms with E-state index in [-0.39, 0.29) is 17.6 Å². The predicted octanol–water partition coefficient (Wildman–Crippen LogP) is 5.22. The van der Waals surface area contributed by atoms with E-state index in [4.69, 9.17) is 11.6 Å². The zero-order chi connectivity index (χ0) is 28.1. The van der Waals surface area contributed by atoms with Crippen LogP contribution in [0.25, 0.3) is 0 Å². The molecule has 0 bridgehead atoms. The summed E-state index contributed by atoms with van der Waals surface area (Å²) >= 11 is 9.40. The number of alkyl halides is 3. The number of hydrogen-bond acceptors (Lipinski definition) is 4. The smallest absolute Gasteiger partial charge is 0.352 e. The minimum atomic E-state index is -4.76. The van der Waals surface area contributed by atoms with Crippen LogP contribution in [0.1, 0.15) is 38.3 Å². The summed E-state index contributed by atoms with van der Waals surface area (Å²) in [6.45, 7) is 4.26. The van der Waals surface area contributed by atoms with Crippen LogP contribution in [-0.2, 0) is 32.3 Å². The van der Waals surface area contributed by atoms with Crippen LogP contribution in [0, 0.1) is 0 Å². The summed E-state index contributed by atoms with van der Waals surface area (Å²) in [6, 6.07) is 7.97. The number of anilines is 1. The molecule has 2 aromatic carbocycles. The first-order valence-electron chi connectivity index (χ1n) is 11.2. The van der Waals surface area contributed by atoms with Crippen LogP contribution in [0.5, 0.6) is 0 Å². The van der Waals surface area contributed by atoms with Gasteiger partial charge in [-0.2, -0.15) is 13.2 Å². The van der Waals surface area contributed by atoms with Crippen molar-refractivity contribution in [3.05, 3.63) is 63.1 Å². The second-order valence-electron chi connectivity index (χ2n) is 8.58. The lowest BCUT2D eigenvalue weighted by molar-refractivity contribution is -0.139. The molecule has 13 heteroatoms. The van der Waals surface area contributed by atoms with Gasteiger partial charge in [0, 0.05) is 17.1 Å². The molecule has 0 saturated heterocycles. The number of sulfonamides is 1. The first-order valence-corrected chi connectivity index (χ1v) is 14.2. The molecule has 2 unspecified atom stereocenters. The van der Waals surface area contributed by atoms with Crippen LogP contribution in [-0.4, -0.2) is 50.0 Å². The summed E-state index contributed by atoms with van der Waals surface area (Å²) in [5.74, 6) is -1.25. The Balaban J connectivity index is 2.49. The quantitative estimate of drug-likeness (QED) is 0.392. The number of nitrogens with zero attached hydrogens (tertiary/aromatic N) is 2. The Bertz CT molecular complexity index is 1230. The molecule has 0 fully saturated rings. The fourth-order valence-electron chi connectivity index (χ4n) is 3.31. The lowest BCUT2D eigenvalue weighted by Gasteiger charge is -2.32. The van der Waals surface area contributed by atoms with Crippen LogP contribution >= 0.6 is 27.5 Å². The van der Waals surface area contributed by atoms with Gasteiger partial charge in [0.05, 0.1) is 22.5 Å². The van der Waals surface area contributed by atoms with Crippen molar-refractivity contribution in [2.24, 2.45) is 0 Å². The molecule has 0 heterocycles. The highest BCUT2D eigenvalue weighted by Crippen LogP contribution is 2.36. The third-order valence-electron chi connectivity index (χ3n) is 5.66. The maximum absolute atomic E-state index is 13.5. The molecule has 0 radical (unpaired) electrons. The molecule has 0 aliphatic heterocycles. The van der Waals surface area contributed by atoms with Gasteiger partial charge in [0.25, 0.3) is 0 Å². The molecule has 37 heavy (non-hydrogen) atoms. The maximum Gasteiger partial charge on any atom is 0.416 e. The third-order valence-corrected chi connectivity index (χ3v) is 7.63. The Morgan fingerprint density at radius 3 is 2.22 bits per heavy atom. The molecule has 204 valence electrons. The summed E-state index contributed by atoms with van der Waals surface area (Å²) in [5, 5.41) is 2.51. The van der Waals surface area contributed by atoms with Crippen LogP contribution in [0.4, 0.5) is 18.9 Å². The van der Waals surface area contributed by atoms with E-state index in [9.17, 15) is 31.2 Å². The third kappa shape index (κ3) is 8.61. The van der Waals surface area contributed by atoms with Gasteiger partial charge in [-0.25, -0.2) is 8.42 Å². The van der Waals surface area contributed by atoms with E-state index in [2.05, 4.69) is 21.2 Å². The fourth-order valence-corrected chi connectivity index (χ4v) is 4.70. The Morgan fingerprint density at radius 2 is 1.70 bits per heavy atom. The summed E-state index contributed by atoms with van der Waals surface area (Å²) in [7, 11) is -4.25. The number of benzene rings is 2. The van der Waals surface area contributed by atoms with Crippen molar-refractivity contribution in [1.29, 1.82) is 0 Å². The molecule has 0 spiro atoms. The van der Waals surface area contributed by atoms with Crippen LogP contribution < -0.4 is 9.62 Å². The molecule has 2 atom stereocenters. The van der Waals surface area contributed by atoms with Crippen molar-refractivity contribution in [1.82, 2.24) is 10.2 Å². The topological polar surface area (TPSA) is 86.8 Å².